The Balaban J connectivity index is 1.93. The van der Waals surface area contributed by atoms with Crippen molar-refractivity contribution in [2.24, 2.45) is 5.92 Å². The van der Waals surface area contributed by atoms with Crippen molar-refractivity contribution < 1.29 is 18.9 Å². The van der Waals surface area contributed by atoms with Gasteiger partial charge in [0.05, 0.1) is 13.1 Å². The number of likely N-dealkylation sites (tertiary alicyclic amines) is 1. The Morgan fingerprint density at radius 3 is 2.36 bits per heavy atom. The summed E-state index contributed by atoms with van der Waals surface area (Å²) in [5, 5.41) is -0.265. The first-order chi connectivity index (χ1) is 13.5. The van der Waals surface area contributed by atoms with Gasteiger partial charge < -0.3 is 0 Å². The second kappa shape index (κ2) is 9.36. The first kappa shape index (κ1) is 21.3. The Morgan fingerprint density at radius 1 is 1.07 bits per heavy atom. The first-order valence-electron chi connectivity index (χ1n) is 10.7. The molecule has 1 heterocycles. The smallest absolute Gasteiger partial charge is 0.284 e. The van der Waals surface area contributed by atoms with E-state index < -0.39 is 6.04 Å². The van der Waals surface area contributed by atoms with Crippen molar-refractivity contribution in [1.82, 2.24) is 0 Å². The van der Waals surface area contributed by atoms with Crippen molar-refractivity contribution in [2.75, 3.05) is 13.1 Å². The summed E-state index contributed by atoms with van der Waals surface area (Å²) < 4.78 is -0.0228. The third-order valence-electron chi connectivity index (χ3n) is 6.71. The number of quaternary nitrogens is 1. The lowest BCUT2D eigenvalue weighted by Crippen LogP contribution is -2.61. The van der Waals surface area contributed by atoms with E-state index in [0.717, 1.165) is 50.5 Å². The van der Waals surface area contributed by atoms with Crippen LogP contribution in [-0.4, -0.2) is 40.4 Å². The molecule has 1 aromatic rings. The van der Waals surface area contributed by atoms with E-state index in [1.807, 2.05) is 18.2 Å². The van der Waals surface area contributed by atoms with Gasteiger partial charge in [-0.15, -0.1) is 0 Å². The van der Waals surface area contributed by atoms with Crippen LogP contribution < -0.4 is 0 Å². The van der Waals surface area contributed by atoms with Crippen LogP contribution in [0.1, 0.15) is 69.8 Å². The molecule has 28 heavy (non-hydrogen) atoms. The molecule has 0 aromatic heterocycles. The minimum Gasteiger partial charge on any atom is -0.284 e. The molecule has 0 radical (unpaired) electrons. The number of nitrogens with zero attached hydrogens (tertiary/aromatic N) is 1. The molecule has 1 aromatic carbocycles. The zero-order valence-electron chi connectivity index (χ0n) is 16.8. The molecule has 1 saturated carbocycles. The molecule has 0 bridgehead atoms. The molecule has 2 fully saturated rings. The van der Waals surface area contributed by atoms with Gasteiger partial charge in [-0.05, 0) is 24.8 Å². The van der Waals surface area contributed by atoms with Crippen molar-refractivity contribution in [3.63, 3.8) is 0 Å². The Hall–Kier alpha value is -1.46. The highest BCUT2D eigenvalue weighted by atomic mass is 32.1. The number of unbranched alkanes of at least 4 members (excludes halogenated alkanes) is 1. The highest BCUT2D eigenvalue weighted by molar-refractivity contribution is 7.96. The third kappa shape index (κ3) is 4.25. The van der Waals surface area contributed by atoms with Gasteiger partial charge in [-0.3, -0.25) is 9.59 Å². The fourth-order valence-electron chi connectivity index (χ4n) is 5.12. The maximum Gasteiger partial charge on any atom is 0.382 e. The summed E-state index contributed by atoms with van der Waals surface area (Å²) in [6.45, 7) is 3.15. The van der Waals surface area contributed by atoms with Gasteiger partial charge in [0.1, 0.15) is 0 Å². The lowest BCUT2D eigenvalue weighted by atomic mass is 9.85. The molecule has 1 amide bonds. The van der Waals surface area contributed by atoms with Gasteiger partial charge >= 0.3 is 5.91 Å². The molecule has 152 valence electrons. The maximum absolute atomic E-state index is 13.6. The minimum absolute atomic E-state index is 0.0228. The number of hydrogen-bond acceptors (Lipinski definition) is 3. The van der Waals surface area contributed by atoms with Crippen LogP contribution in [0.2, 0.25) is 0 Å². The molecule has 0 N–H and O–H groups in total. The van der Waals surface area contributed by atoms with E-state index in [9.17, 15) is 14.4 Å². The SMILES string of the molecule is CCCC[N+]1(C(=O)C(=O)C2CCCCC2)CC(c2ccccc2)C[C@H]1C(=O)S. The van der Waals surface area contributed by atoms with Gasteiger partial charge in [-0.25, -0.2) is 9.28 Å². The molecule has 5 heteroatoms. The van der Waals surface area contributed by atoms with Crippen LogP contribution in [0.4, 0.5) is 0 Å². The minimum atomic E-state index is -0.528. The monoisotopic (exact) mass is 402 g/mol. The van der Waals surface area contributed by atoms with Crippen molar-refractivity contribution in [1.29, 1.82) is 0 Å². The number of ketones is 1. The summed E-state index contributed by atoms with van der Waals surface area (Å²) in [4.78, 5) is 39.3. The number of hydrogen-bond donors (Lipinski definition) is 1. The van der Waals surface area contributed by atoms with Gasteiger partial charge in [-0.1, -0.05) is 75.6 Å². The molecule has 3 rings (SSSR count). The van der Waals surface area contributed by atoms with E-state index >= 15 is 0 Å². The maximum atomic E-state index is 13.6. The van der Waals surface area contributed by atoms with Gasteiger partial charge in [0.2, 0.25) is 5.12 Å². The Kier molecular flexibility index (Phi) is 7.10. The number of thiol groups is 1. The normalized spacial score (nSPS) is 28.2. The van der Waals surface area contributed by atoms with Crippen LogP contribution in [0.5, 0.6) is 0 Å². The largest absolute Gasteiger partial charge is 0.382 e. The van der Waals surface area contributed by atoms with Crippen LogP contribution in [0.15, 0.2) is 30.3 Å². The quantitative estimate of drug-likeness (QED) is 0.420. The molecule has 1 aliphatic heterocycles. The lowest BCUT2D eigenvalue weighted by Gasteiger charge is -2.36. The number of carbonyl (C=O) groups excluding carboxylic acids is 3. The molecule has 3 atom stereocenters. The summed E-state index contributed by atoms with van der Waals surface area (Å²) >= 11 is 4.15. The fraction of sp³-hybridized carbons (Fsp3) is 0.609. The van der Waals surface area contributed by atoms with Crippen molar-refractivity contribution in [3.8, 4) is 0 Å². The predicted molar refractivity (Wildman–Crippen MR) is 113 cm³/mol. The van der Waals surface area contributed by atoms with E-state index in [2.05, 4.69) is 31.7 Å². The first-order valence-corrected chi connectivity index (χ1v) is 11.2. The molecular weight excluding hydrogens is 370 g/mol. The van der Waals surface area contributed by atoms with Crippen LogP contribution in [0.25, 0.3) is 0 Å². The second-order valence-electron chi connectivity index (χ2n) is 8.50. The average Bonchev–Trinajstić information content (AvgIpc) is 3.13. The standard InChI is InChI=1S/C23H31NO3S/c1-2-3-14-24(22(26)21(25)18-12-8-5-9-13-18)16-19(15-20(24)23(27)28)17-10-6-4-7-11-17/h4,6-7,10-11,18-20H,2-3,5,8-9,12-16H2,1H3/p+1/t19?,20-,24?/m0/s1. The van der Waals surface area contributed by atoms with E-state index in [1.165, 1.54) is 0 Å². The fourth-order valence-corrected chi connectivity index (χ4v) is 5.44. The molecule has 1 saturated heterocycles. The summed E-state index contributed by atoms with van der Waals surface area (Å²) in [6.07, 6.45) is 7.11. The van der Waals surface area contributed by atoms with Crippen molar-refractivity contribution >= 4 is 29.4 Å². The van der Waals surface area contributed by atoms with E-state index in [0.29, 0.717) is 19.5 Å². The number of carbonyl (C=O) groups is 3. The Labute approximate surface area is 173 Å². The van der Waals surface area contributed by atoms with Gasteiger partial charge in [-0.2, -0.15) is 0 Å². The molecule has 0 spiro atoms. The van der Waals surface area contributed by atoms with Gasteiger partial charge in [0.25, 0.3) is 5.78 Å². The van der Waals surface area contributed by atoms with E-state index in [1.54, 1.807) is 0 Å². The Morgan fingerprint density at radius 2 is 1.75 bits per heavy atom. The van der Waals surface area contributed by atoms with Crippen LogP contribution in [-0.2, 0) is 14.4 Å². The zero-order valence-corrected chi connectivity index (χ0v) is 17.7. The van der Waals surface area contributed by atoms with Crippen LogP contribution in [0, 0.1) is 5.92 Å². The van der Waals surface area contributed by atoms with Gasteiger partial charge in [0, 0.05) is 18.3 Å². The lowest BCUT2D eigenvalue weighted by molar-refractivity contribution is -0.854. The molecule has 2 aliphatic rings. The third-order valence-corrected chi connectivity index (χ3v) is 7.01. The summed E-state index contributed by atoms with van der Waals surface area (Å²) in [6, 6.07) is 9.52. The highest BCUT2D eigenvalue weighted by Crippen LogP contribution is 2.40. The molecule has 1 aliphatic carbocycles. The van der Waals surface area contributed by atoms with Gasteiger partial charge in [0.15, 0.2) is 6.04 Å². The van der Waals surface area contributed by atoms with E-state index in [4.69, 9.17) is 0 Å². The molecule has 2 unspecified atom stereocenters. The molecular formula is C23H32NO3S+. The molecule has 4 nitrogen and oxygen atoms in total. The second-order valence-corrected chi connectivity index (χ2v) is 8.94. The number of Topliss-reactive ketones (excluding diaryl/α,β-unsaturated/α-hetero) is 1. The summed E-state index contributed by atoms with van der Waals surface area (Å²) in [5.74, 6) is -0.651. The number of benzene rings is 1. The van der Waals surface area contributed by atoms with E-state index in [-0.39, 0.29) is 33.1 Å². The van der Waals surface area contributed by atoms with Crippen LogP contribution >= 0.6 is 12.6 Å². The predicted octanol–water partition coefficient (Wildman–Crippen LogP) is 4.29. The van der Waals surface area contributed by atoms with Crippen molar-refractivity contribution in [2.45, 2.75) is 70.3 Å². The van der Waals surface area contributed by atoms with Crippen molar-refractivity contribution in [3.05, 3.63) is 35.9 Å². The zero-order chi connectivity index (χ0) is 20.1. The summed E-state index contributed by atoms with van der Waals surface area (Å²) in [7, 11) is 0. The average molecular weight is 403 g/mol. The number of rotatable bonds is 7. The number of amides is 1. The summed E-state index contributed by atoms with van der Waals surface area (Å²) in [5.41, 5.74) is 1.14. The van der Waals surface area contributed by atoms with Crippen LogP contribution in [0.3, 0.4) is 0 Å². The highest BCUT2D eigenvalue weighted by Gasteiger charge is 2.57. The Bertz CT molecular complexity index is 714. The topological polar surface area (TPSA) is 51.2 Å².